The molecule has 0 aliphatic carbocycles. The van der Waals surface area contributed by atoms with Crippen molar-refractivity contribution < 1.29 is 18.1 Å². The summed E-state index contributed by atoms with van der Waals surface area (Å²) in [5.74, 6) is -0.598. The van der Waals surface area contributed by atoms with Gasteiger partial charge in [0.25, 0.3) is 15.7 Å². The van der Waals surface area contributed by atoms with Crippen molar-refractivity contribution in [1.82, 2.24) is 10.3 Å². The largest absolute Gasteiger partial charge is 0.278 e. The molecule has 92 valence electrons. The van der Waals surface area contributed by atoms with Gasteiger partial charge < -0.3 is 0 Å². The number of hydrogen-bond acceptors (Lipinski definition) is 5. The molecule has 0 saturated heterocycles. The molecule has 9 heteroatoms. The molecule has 0 spiro atoms. The molecule has 0 saturated carbocycles. The highest BCUT2D eigenvalue weighted by molar-refractivity contribution is 7.89. The number of benzene rings is 1. The molecule has 0 bridgehead atoms. The zero-order valence-electron chi connectivity index (χ0n) is 8.71. The lowest BCUT2D eigenvalue weighted by atomic mass is 10.3. The van der Waals surface area contributed by atoms with E-state index in [0.29, 0.717) is 0 Å². The summed E-state index contributed by atoms with van der Waals surface area (Å²) in [6, 6.07) is 4.47. The van der Waals surface area contributed by atoms with Crippen molar-refractivity contribution >= 4 is 21.6 Å². The molecule has 0 aromatic heterocycles. The number of nitrogens with one attached hydrogen (secondary N) is 2. The molecule has 1 rings (SSSR count). The molecule has 17 heavy (non-hydrogen) atoms. The number of hydrogen-bond donors (Lipinski definition) is 2. The Bertz CT molecular complexity index is 554. The Morgan fingerprint density at radius 2 is 2.06 bits per heavy atom. The highest BCUT2D eigenvalue weighted by atomic mass is 32.2. The Morgan fingerprint density at radius 1 is 1.41 bits per heavy atom. The van der Waals surface area contributed by atoms with Gasteiger partial charge in [0.1, 0.15) is 0 Å². The lowest BCUT2D eigenvalue weighted by Crippen LogP contribution is -2.40. The van der Waals surface area contributed by atoms with Crippen LogP contribution in [0.3, 0.4) is 0 Å². The molecule has 1 aromatic carbocycles. The quantitative estimate of drug-likeness (QED) is 0.579. The molecule has 0 atom stereocenters. The molecule has 1 amide bonds. The zero-order valence-corrected chi connectivity index (χ0v) is 9.52. The van der Waals surface area contributed by atoms with Gasteiger partial charge in [0.15, 0.2) is 0 Å². The Hall–Kier alpha value is -2.00. The Kier molecular flexibility index (Phi) is 3.76. The van der Waals surface area contributed by atoms with Crippen LogP contribution in [0.1, 0.15) is 6.92 Å². The fraction of sp³-hybridized carbons (Fsp3) is 0.125. The Morgan fingerprint density at radius 3 is 2.59 bits per heavy atom. The second-order valence-electron chi connectivity index (χ2n) is 3.04. The van der Waals surface area contributed by atoms with Gasteiger partial charge in [-0.05, 0) is 6.07 Å². The van der Waals surface area contributed by atoms with Crippen molar-refractivity contribution in [1.29, 1.82) is 0 Å². The highest BCUT2D eigenvalue weighted by Gasteiger charge is 2.17. The number of non-ortho nitro benzene ring substituents is 1. The van der Waals surface area contributed by atoms with Crippen LogP contribution in [-0.2, 0) is 14.8 Å². The highest BCUT2D eigenvalue weighted by Crippen LogP contribution is 2.16. The molecule has 0 fully saturated rings. The van der Waals surface area contributed by atoms with Crippen LogP contribution in [-0.4, -0.2) is 19.2 Å². The lowest BCUT2D eigenvalue weighted by molar-refractivity contribution is -0.385. The van der Waals surface area contributed by atoms with E-state index in [2.05, 4.69) is 0 Å². The van der Waals surface area contributed by atoms with E-state index in [4.69, 9.17) is 0 Å². The van der Waals surface area contributed by atoms with E-state index in [0.717, 1.165) is 19.1 Å². The molecular formula is C8H9N3O5S. The molecule has 0 aliphatic rings. The topological polar surface area (TPSA) is 118 Å². The first-order chi connectivity index (χ1) is 7.83. The predicted molar refractivity (Wildman–Crippen MR) is 57.2 cm³/mol. The summed E-state index contributed by atoms with van der Waals surface area (Å²) in [6.45, 7) is 1.12. The second kappa shape index (κ2) is 4.89. The van der Waals surface area contributed by atoms with Gasteiger partial charge in [0.2, 0.25) is 5.91 Å². The molecular weight excluding hydrogens is 250 g/mol. The van der Waals surface area contributed by atoms with Crippen molar-refractivity contribution in [3.05, 3.63) is 34.4 Å². The van der Waals surface area contributed by atoms with Gasteiger partial charge in [-0.1, -0.05) is 6.07 Å². The SMILES string of the molecule is CC(=O)NNS(=O)(=O)c1cccc([N+](=O)[O-])c1. The summed E-state index contributed by atoms with van der Waals surface area (Å²) in [4.78, 5) is 21.8. The van der Waals surface area contributed by atoms with Crippen LogP contribution in [0.25, 0.3) is 0 Å². The van der Waals surface area contributed by atoms with Crippen LogP contribution in [0.5, 0.6) is 0 Å². The molecule has 2 N–H and O–H groups in total. The summed E-state index contributed by atoms with van der Waals surface area (Å²) < 4.78 is 23.1. The van der Waals surface area contributed by atoms with Gasteiger partial charge in [-0.3, -0.25) is 20.3 Å². The number of nitro benzene ring substituents is 1. The van der Waals surface area contributed by atoms with E-state index in [1.807, 2.05) is 5.43 Å². The first kappa shape index (κ1) is 13.1. The van der Waals surface area contributed by atoms with Crippen LogP contribution in [0.15, 0.2) is 29.2 Å². The van der Waals surface area contributed by atoms with Crippen LogP contribution in [0.4, 0.5) is 5.69 Å². The lowest BCUT2D eigenvalue weighted by Gasteiger charge is -2.06. The van der Waals surface area contributed by atoms with E-state index >= 15 is 0 Å². The molecule has 1 aromatic rings. The minimum Gasteiger partial charge on any atom is -0.278 e. The van der Waals surface area contributed by atoms with Gasteiger partial charge in [0.05, 0.1) is 9.82 Å². The molecule has 0 radical (unpaired) electrons. The third-order valence-corrected chi connectivity index (χ3v) is 2.95. The number of amides is 1. The number of carbonyl (C=O) groups is 1. The number of sulfonamides is 1. The average molecular weight is 259 g/mol. The van der Waals surface area contributed by atoms with E-state index < -0.39 is 20.9 Å². The second-order valence-corrected chi connectivity index (χ2v) is 4.72. The number of rotatable bonds is 4. The fourth-order valence-corrected chi connectivity index (χ4v) is 1.89. The number of carbonyl (C=O) groups excluding carboxylic acids is 1. The summed E-state index contributed by atoms with van der Waals surface area (Å²) in [6.07, 6.45) is 0. The van der Waals surface area contributed by atoms with Crippen molar-refractivity contribution in [3.63, 3.8) is 0 Å². The van der Waals surface area contributed by atoms with Crippen molar-refractivity contribution in [3.8, 4) is 0 Å². The number of hydrazine groups is 1. The number of nitro groups is 1. The monoisotopic (exact) mass is 259 g/mol. The smallest absolute Gasteiger partial charge is 0.270 e. The first-order valence-corrected chi connectivity index (χ1v) is 5.84. The maximum atomic E-state index is 11.6. The van der Waals surface area contributed by atoms with Gasteiger partial charge in [0, 0.05) is 19.1 Å². The predicted octanol–water partition coefficient (Wildman–Crippen LogP) is -0.0758. The molecule has 0 aliphatic heterocycles. The van der Waals surface area contributed by atoms with Gasteiger partial charge in [-0.2, -0.15) is 0 Å². The molecule has 8 nitrogen and oxygen atoms in total. The minimum absolute atomic E-state index is 0.305. The summed E-state index contributed by atoms with van der Waals surface area (Å²) >= 11 is 0. The maximum Gasteiger partial charge on any atom is 0.270 e. The van der Waals surface area contributed by atoms with Gasteiger partial charge in [-0.25, -0.2) is 8.42 Å². The summed E-state index contributed by atoms with van der Waals surface area (Å²) in [7, 11) is -4.00. The van der Waals surface area contributed by atoms with Crippen LogP contribution >= 0.6 is 0 Å². The van der Waals surface area contributed by atoms with E-state index in [1.54, 1.807) is 4.83 Å². The Balaban J connectivity index is 3.03. The van der Waals surface area contributed by atoms with Crippen molar-refractivity contribution in [2.45, 2.75) is 11.8 Å². The zero-order chi connectivity index (χ0) is 13.1. The average Bonchev–Trinajstić information content (AvgIpc) is 2.27. The van der Waals surface area contributed by atoms with Crippen LogP contribution < -0.4 is 10.3 Å². The van der Waals surface area contributed by atoms with Crippen molar-refractivity contribution in [2.75, 3.05) is 0 Å². The standard InChI is InChI=1S/C8H9N3O5S/c1-6(12)9-10-17(15,16)8-4-2-3-7(5-8)11(13)14/h2-5,10H,1H3,(H,9,12). The van der Waals surface area contributed by atoms with Crippen molar-refractivity contribution in [2.24, 2.45) is 0 Å². The third-order valence-electron chi connectivity index (χ3n) is 1.70. The van der Waals surface area contributed by atoms with Gasteiger partial charge >= 0.3 is 0 Å². The van der Waals surface area contributed by atoms with Crippen LogP contribution in [0.2, 0.25) is 0 Å². The van der Waals surface area contributed by atoms with E-state index in [1.165, 1.54) is 12.1 Å². The molecule has 0 heterocycles. The Labute approximate surface area is 96.8 Å². The normalized spacial score (nSPS) is 10.9. The van der Waals surface area contributed by atoms with Crippen LogP contribution in [0, 0.1) is 10.1 Å². The maximum absolute atomic E-state index is 11.6. The fourth-order valence-electron chi connectivity index (χ4n) is 0.962. The molecule has 0 unspecified atom stereocenters. The number of nitrogens with zero attached hydrogens (tertiary/aromatic N) is 1. The first-order valence-electron chi connectivity index (χ1n) is 4.36. The van der Waals surface area contributed by atoms with E-state index in [9.17, 15) is 23.3 Å². The summed E-state index contributed by atoms with van der Waals surface area (Å²) in [5.41, 5.74) is 1.54. The van der Waals surface area contributed by atoms with E-state index in [-0.39, 0.29) is 10.6 Å². The third kappa shape index (κ3) is 3.50. The minimum atomic E-state index is -4.00. The summed E-state index contributed by atoms with van der Waals surface area (Å²) in [5, 5.41) is 10.5. The van der Waals surface area contributed by atoms with Gasteiger partial charge in [-0.15, -0.1) is 4.83 Å².